The molecule has 2 aliphatic heterocycles. The highest BCUT2D eigenvalue weighted by Gasteiger charge is 2.57. The van der Waals surface area contributed by atoms with Gasteiger partial charge in [0.25, 0.3) is 11.9 Å². The first-order valence-electron chi connectivity index (χ1n) is 7.22. The predicted molar refractivity (Wildman–Crippen MR) is 81.3 cm³/mol. The number of thioether (sulfide) groups is 1. The Morgan fingerprint density at radius 2 is 2.09 bits per heavy atom. The molecule has 2 fully saturated rings. The maximum absolute atomic E-state index is 12.3. The molecule has 3 atom stereocenters. The van der Waals surface area contributed by atoms with Crippen LogP contribution in [0.4, 0.5) is 0 Å². The van der Waals surface area contributed by atoms with Crippen molar-refractivity contribution in [2.24, 2.45) is 0 Å². The van der Waals surface area contributed by atoms with E-state index in [-0.39, 0.29) is 40.7 Å². The molecular weight excluding hydrogens is 347 g/mol. The SMILES string of the molecule is O=C(O)C1=CC(CCl)S[C@@H]2[C@H]([NH+]=C3CCCCC3)C(=O)N12.[Cl-]. The van der Waals surface area contributed by atoms with E-state index in [0.29, 0.717) is 5.88 Å². The van der Waals surface area contributed by atoms with Crippen LogP contribution in [0.15, 0.2) is 11.8 Å². The predicted octanol–water partition coefficient (Wildman–Crippen LogP) is -2.66. The zero-order valence-electron chi connectivity index (χ0n) is 11.9. The summed E-state index contributed by atoms with van der Waals surface area (Å²) in [5, 5.41) is 9.04. The number of β-lactam (4-membered cyclic amide) rings is 1. The molecule has 1 unspecified atom stereocenters. The van der Waals surface area contributed by atoms with Crippen molar-refractivity contribution in [3.8, 4) is 0 Å². The van der Waals surface area contributed by atoms with Gasteiger partial charge in [0.2, 0.25) is 0 Å². The highest BCUT2D eigenvalue weighted by molar-refractivity contribution is 8.01. The van der Waals surface area contributed by atoms with Crippen molar-refractivity contribution < 1.29 is 32.1 Å². The van der Waals surface area contributed by atoms with Gasteiger partial charge < -0.3 is 17.5 Å². The molecule has 5 nitrogen and oxygen atoms in total. The van der Waals surface area contributed by atoms with E-state index in [0.717, 1.165) is 25.7 Å². The van der Waals surface area contributed by atoms with Gasteiger partial charge in [-0.1, -0.05) is 6.42 Å². The first-order valence-corrected chi connectivity index (χ1v) is 8.70. The van der Waals surface area contributed by atoms with Crippen molar-refractivity contribution in [1.82, 2.24) is 4.90 Å². The van der Waals surface area contributed by atoms with Crippen LogP contribution in [0.25, 0.3) is 0 Å². The van der Waals surface area contributed by atoms with Crippen LogP contribution in [-0.2, 0) is 9.59 Å². The molecule has 0 spiro atoms. The van der Waals surface area contributed by atoms with Crippen LogP contribution in [0, 0.1) is 0 Å². The van der Waals surface area contributed by atoms with E-state index in [2.05, 4.69) is 4.99 Å². The number of hydrogen-bond donors (Lipinski definition) is 2. The monoisotopic (exact) mass is 364 g/mol. The van der Waals surface area contributed by atoms with Crippen molar-refractivity contribution in [1.29, 1.82) is 0 Å². The minimum atomic E-state index is -1.06. The molecule has 3 aliphatic rings. The number of halogens is 2. The molecule has 1 amide bonds. The van der Waals surface area contributed by atoms with Crippen molar-refractivity contribution in [2.75, 3.05) is 5.88 Å². The number of fused-ring (bicyclic) bond motifs is 1. The molecule has 2 N–H and O–H groups in total. The number of carboxylic acid groups (broad SMARTS) is 1. The number of carboxylic acids is 1. The fourth-order valence-electron chi connectivity index (χ4n) is 3.07. The molecule has 0 radical (unpaired) electrons. The van der Waals surface area contributed by atoms with Gasteiger partial charge in [0, 0.05) is 24.0 Å². The van der Waals surface area contributed by atoms with Crippen LogP contribution < -0.4 is 17.4 Å². The van der Waals surface area contributed by atoms with Gasteiger partial charge >= 0.3 is 5.97 Å². The van der Waals surface area contributed by atoms with Crippen LogP contribution in [0.3, 0.4) is 0 Å². The summed E-state index contributed by atoms with van der Waals surface area (Å²) < 4.78 is 0. The summed E-state index contributed by atoms with van der Waals surface area (Å²) >= 11 is 7.44. The molecule has 0 aromatic carbocycles. The summed E-state index contributed by atoms with van der Waals surface area (Å²) in [7, 11) is 0. The minimum absolute atomic E-state index is 0. The van der Waals surface area contributed by atoms with Crippen molar-refractivity contribution in [3.63, 3.8) is 0 Å². The largest absolute Gasteiger partial charge is 1.00 e. The van der Waals surface area contributed by atoms with Crippen LogP contribution in [-0.4, -0.2) is 50.1 Å². The number of alkyl halides is 1. The van der Waals surface area contributed by atoms with Gasteiger partial charge in [-0.25, -0.2) is 9.79 Å². The lowest BCUT2D eigenvalue weighted by Gasteiger charge is -2.45. The first kappa shape index (κ1) is 17.6. The topological polar surface area (TPSA) is 71.6 Å². The third-order valence-electron chi connectivity index (χ3n) is 4.15. The van der Waals surface area contributed by atoms with Gasteiger partial charge in [0.1, 0.15) is 5.70 Å². The molecule has 8 heteroatoms. The maximum Gasteiger partial charge on any atom is 0.352 e. The zero-order chi connectivity index (χ0) is 15.0. The van der Waals surface area contributed by atoms with Crippen molar-refractivity contribution >= 4 is 41.0 Å². The van der Waals surface area contributed by atoms with Crippen LogP contribution in [0.2, 0.25) is 0 Å². The van der Waals surface area contributed by atoms with Gasteiger partial charge in [-0.05, 0) is 18.9 Å². The lowest BCUT2D eigenvalue weighted by Crippen LogP contribution is -3.00. The molecular formula is C14H18Cl2N2O3S. The quantitative estimate of drug-likeness (QED) is 0.423. The van der Waals surface area contributed by atoms with E-state index in [1.54, 1.807) is 17.8 Å². The second kappa shape index (κ2) is 7.23. The third kappa shape index (κ3) is 3.14. The fourth-order valence-corrected chi connectivity index (χ4v) is 4.69. The van der Waals surface area contributed by atoms with E-state index in [4.69, 9.17) is 11.6 Å². The lowest BCUT2D eigenvalue weighted by atomic mass is 9.97. The summed E-state index contributed by atoms with van der Waals surface area (Å²) in [4.78, 5) is 28.3. The molecule has 22 heavy (non-hydrogen) atoms. The number of rotatable bonds is 3. The van der Waals surface area contributed by atoms with E-state index in [1.807, 2.05) is 0 Å². The van der Waals surface area contributed by atoms with E-state index < -0.39 is 5.97 Å². The average Bonchev–Trinajstić information content (AvgIpc) is 2.51. The molecule has 2 heterocycles. The summed E-state index contributed by atoms with van der Waals surface area (Å²) in [5.41, 5.74) is 1.30. The minimum Gasteiger partial charge on any atom is -1.00 e. The summed E-state index contributed by atoms with van der Waals surface area (Å²) in [6.45, 7) is 0. The number of carbonyl (C=O) groups excluding carboxylic acids is 1. The number of nitrogens with one attached hydrogen (secondary N) is 1. The number of nitrogens with zero attached hydrogens (tertiary/aromatic N) is 1. The number of amides is 1. The second-order valence-electron chi connectivity index (χ2n) is 5.57. The molecule has 0 bridgehead atoms. The van der Waals surface area contributed by atoms with Crippen LogP contribution in [0.5, 0.6) is 0 Å². The Kier molecular flexibility index (Phi) is 5.80. The van der Waals surface area contributed by atoms with Gasteiger partial charge in [-0.2, -0.15) is 0 Å². The standard InChI is InChI=1S/C14H17ClN2O3S.ClH/c15-7-9-6-10(14(19)20)17-12(18)11(13(17)21-9)16-8-4-2-1-3-5-8;/h6,9,11,13H,1-5,7H2,(H,19,20);1H/t9?,11-,13-;/m1./s1. The van der Waals surface area contributed by atoms with Crippen LogP contribution >= 0.6 is 23.4 Å². The Balaban J connectivity index is 0.00000176. The Morgan fingerprint density at radius 3 is 2.68 bits per heavy atom. The van der Waals surface area contributed by atoms with E-state index in [1.165, 1.54) is 17.0 Å². The first-order chi connectivity index (χ1) is 10.1. The molecule has 0 aromatic rings. The Hall–Kier alpha value is -0.720. The smallest absolute Gasteiger partial charge is 0.352 e. The Labute approximate surface area is 144 Å². The van der Waals surface area contributed by atoms with E-state index in [9.17, 15) is 14.7 Å². The second-order valence-corrected chi connectivity index (χ2v) is 7.24. The zero-order valence-corrected chi connectivity index (χ0v) is 14.3. The maximum atomic E-state index is 12.3. The molecule has 122 valence electrons. The van der Waals surface area contributed by atoms with E-state index >= 15 is 0 Å². The average molecular weight is 365 g/mol. The highest BCUT2D eigenvalue weighted by Crippen LogP contribution is 2.39. The lowest BCUT2D eigenvalue weighted by molar-refractivity contribution is -0.505. The summed E-state index contributed by atoms with van der Waals surface area (Å²) in [6, 6.07) is -0.308. The normalized spacial score (nSPS) is 30.7. The fraction of sp³-hybridized carbons (Fsp3) is 0.643. The highest BCUT2D eigenvalue weighted by atomic mass is 35.5. The Morgan fingerprint density at radius 1 is 1.41 bits per heavy atom. The van der Waals surface area contributed by atoms with Crippen LogP contribution in [0.1, 0.15) is 32.1 Å². The van der Waals surface area contributed by atoms with Crippen molar-refractivity contribution in [2.45, 2.75) is 48.8 Å². The number of carbonyl (C=O) groups is 2. The summed E-state index contributed by atoms with van der Waals surface area (Å²) in [5.74, 6) is -0.858. The molecule has 1 aliphatic carbocycles. The molecule has 1 saturated carbocycles. The summed E-state index contributed by atoms with van der Waals surface area (Å²) in [6.07, 6.45) is 7.18. The molecule has 3 rings (SSSR count). The van der Waals surface area contributed by atoms with Gasteiger partial charge in [0.05, 0.1) is 0 Å². The number of aliphatic carboxylic acids is 1. The third-order valence-corrected chi connectivity index (χ3v) is 6.08. The van der Waals surface area contributed by atoms with Crippen molar-refractivity contribution in [3.05, 3.63) is 11.8 Å². The number of hydrogen-bond acceptors (Lipinski definition) is 3. The van der Waals surface area contributed by atoms with Gasteiger partial charge in [-0.3, -0.25) is 9.69 Å². The Bertz CT molecular complexity index is 530. The molecule has 0 aromatic heterocycles. The molecule has 1 saturated heterocycles. The van der Waals surface area contributed by atoms with Gasteiger partial charge in [0.15, 0.2) is 11.1 Å². The van der Waals surface area contributed by atoms with Gasteiger partial charge in [-0.15, -0.1) is 23.4 Å².